The maximum absolute atomic E-state index is 11.3. The lowest BCUT2D eigenvalue weighted by atomic mass is 10.1. The molecule has 14 heavy (non-hydrogen) atoms. The van der Waals surface area contributed by atoms with Crippen LogP contribution in [0, 0.1) is 5.92 Å². The van der Waals surface area contributed by atoms with E-state index in [-0.39, 0.29) is 4.75 Å². The van der Waals surface area contributed by atoms with Crippen LogP contribution in [0.2, 0.25) is 0 Å². The van der Waals surface area contributed by atoms with Gasteiger partial charge in [-0.15, -0.1) is 0 Å². The normalized spacial score (nSPS) is 19.9. The van der Waals surface area contributed by atoms with Gasteiger partial charge in [-0.2, -0.15) is 11.8 Å². The number of nitrogens with one attached hydrogen (secondary N) is 1. The number of hydrogen-bond acceptors (Lipinski definition) is 3. The highest BCUT2D eigenvalue weighted by Crippen LogP contribution is 2.46. The Labute approximate surface area is 87.4 Å². The van der Waals surface area contributed by atoms with E-state index >= 15 is 0 Å². The Hall–Kier alpha value is -0.710. The van der Waals surface area contributed by atoms with Gasteiger partial charge in [-0.3, -0.25) is 9.59 Å². The van der Waals surface area contributed by atoms with Crippen molar-refractivity contribution < 1.29 is 14.7 Å². The largest absolute Gasteiger partial charge is 0.481 e. The average molecular weight is 217 g/mol. The molecule has 4 nitrogen and oxygen atoms in total. The number of rotatable bonds is 5. The molecular weight excluding hydrogens is 202 g/mol. The van der Waals surface area contributed by atoms with E-state index in [4.69, 9.17) is 5.11 Å². The molecule has 1 rings (SSSR count). The quantitative estimate of drug-likeness (QED) is 0.666. The van der Waals surface area contributed by atoms with E-state index in [1.54, 1.807) is 11.8 Å². The molecule has 1 aliphatic carbocycles. The van der Waals surface area contributed by atoms with E-state index in [9.17, 15) is 9.59 Å². The van der Waals surface area contributed by atoms with Crippen LogP contribution in [0.4, 0.5) is 0 Å². The first-order valence-electron chi connectivity index (χ1n) is 4.56. The number of carbonyl (C=O) groups is 2. The van der Waals surface area contributed by atoms with Crippen molar-refractivity contribution in [1.82, 2.24) is 5.32 Å². The van der Waals surface area contributed by atoms with Crippen LogP contribution in [0.25, 0.3) is 0 Å². The van der Waals surface area contributed by atoms with Crippen molar-refractivity contribution >= 4 is 23.6 Å². The first-order chi connectivity index (χ1) is 6.51. The fraction of sp³-hybridized carbons (Fsp3) is 0.778. The van der Waals surface area contributed by atoms with Gasteiger partial charge >= 0.3 is 5.97 Å². The van der Waals surface area contributed by atoms with Crippen molar-refractivity contribution in [1.29, 1.82) is 0 Å². The summed E-state index contributed by atoms with van der Waals surface area (Å²) in [4.78, 5) is 21.8. The molecule has 0 aliphatic heterocycles. The molecule has 0 heterocycles. The topological polar surface area (TPSA) is 66.4 Å². The third kappa shape index (κ3) is 2.64. The number of hydrogen-bond donors (Lipinski definition) is 2. The van der Waals surface area contributed by atoms with Crippen molar-refractivity contribution in [2.45, 2.75) is 24.5 Å². The molecule has 0 radical (unpaired) electrons. The highest BCUT2D eigenvalue weighted by Gasteiger charge is 2.42. The second-order valence-corrected chi connectivity index (χ2v) is 4.94. The first-order valence-corrected chi connectivity index (χ1v) is 5.79. The van der Waals surface area contributed by atoms with Gasteiger partial charge in [0.1, 0.15) is 5.92 Å². The third-order valence-corrected chi connectivity index (χ3v) is 4.01. The van der Waals surface area contributed by atoms with Crippen LogP contribution < -0.4 is 5.32 Å². The summed E-state index contributed by atoms with van der Waals surface area (Å²) in [7, 11) is 0. The van der Waals surface area contributed by atoms with Crippen molar-refractivity contribution in [2.75, 3.05) is 12.8 Å². The lowest BCUT2D eigenvalue weighted by Crippen LogP contribution is -2.38. The Morgan fingerprint density at radius 2 is 2.14 bits per heavy atom. The third-order valence-electron chi connectivity index (χ3n) is 2.59. The molecule has 1 fully saturated rings. The zero-order chi connectivity index (χ0) is 10.8. The van der Waals surface area contributed by atoms with E-state index in [2.05, 4.69) is 5.32 Å². The van der Waals surface area contributed by atoms with Crippen LogP contribution in [0.3, 0.4) is 0 Å². The molecule has 1 aliphatic rings. The second-order valence-electron chi connectivity index (χ2n) is 3.66. The molecule has 0 aromatic carbocycles. The summed E-state index contributed by atoms with van der Waals surface area (Å²) < 4.78 is 0.188. The van der Waals surface area contributed by atoms with E-state index in [0.717, 1.165) is 12.8 Å². The van der Waals surface area contributed by atoms with Crippen molar-refractivity contribution in [3.8, 4) is 0 Å². The molecule has 0 spiro atoms. The minimum Gasteiger partial charge on any atom is -0.481 e. The Bertz CT molecular complexity index is 250. The van der Waals surface area contributed by atoms with Crippen LogP contribution in [-0.4, -0.2) is 34.5 Å². The maximum atomic E-state index is 11.3. The molecule has 0 bridgehead atoms. The molecule has 80 valence electrons. The van der Waals surface area contributed by atoms with Gasteiger partial charge in [-0.25, -0.2) is 0 Å². The Balaban J connectivity index is 2.31. The second kappa shape index (κ2) is 4.21. The fourth-order valence-corrected chi connectivity index (χ4v) is 1.83. The summed E-state index contributed by atoms with van der Waals surface area (Å²) in [5.74, 6) is -2.41. The standard InChI is InChI=1S/C9H15NO3S/c1-6(8(12)13)7(11)10-5-9(14-2)3-4-9/h6H,3-5H2,1-2H3,(H,10,11)(H,12,13). The molecule has 0 aromatic heterocycles. The molecule has 2 N–H and O–H groups in total. The molecule has 0 saturated heterocycles. The Morgan fingerprint density at radius 1 is 1.57 bits per heavy atom. The van der Waals surface area contributed by atoms with E-state index in [1.165, 1.54) is 6.92 Å². The lowest BCUT2D eigenvalue weighted by molar-refractivity contribution is -0.146. The van der Waals surface area contributed by atoms with Gasteiger partial charge in [0.2, 0.25) is 5.91 Å². The van der Waals surface area contributed by atoms with Crippen LogP contribution in [0.5, 0.6) is 0 Å². The monoisotopic (exact) mass is 217 g/mol. The van der Waals surface area contributed by atoms with Gasteiger partial charge in [0.05, 0.1) is 0 Å². The highest BCUT2D eigenvalue weighted by atomic mass is 32.2. The first kappa shape index (κ1) is 11.4. The molecule has 1 unspecified atom stereocenters. The predicted molar refractivity (Wildman–Crippen MR) is 55.3 cm³/mol. The maximum Gasteiger partial charge on any atom is 0.315 e. The summed E-state index contributed by atoms with van der Waals surface area (Å²) in [6.45, 7) is 1.99. The number of carboxylic acid groups (broad SMARTS) is 1. The van der Waals surface area contributed by atoms with Gasteiger partial charge in [-0.05, 0) is 26.0 Å². The van der Waals surface area contributed by atoms with Gasteiger partial charge in [0.25, 0.3) is 0 Å². The van der Waals surface area contributed by atoms with Crippen LogP contribution in [-0.2, 0) is 9.59 Å². The highest BCUT2D eigenvalue weighted by molar-refractivity contribution is 8.00. The van der Waals surface area contributed by atoms with E-state index in [0.29, 0.717) is 6.54 Å². The smallest absolute Gasteiger partial charge is 0.315 e. The molecule has 1 amide bonds. The Kier molecular flexibility index (Phi) is 3.42. The van der Waals surface area contributed by atoms with Crippen molar-refractivity contribution in [3.63, 3.8) is 0 Å². The SMILES string of the molecule is CSC1(CNC(=O)C(C)C(=O)O)CC1. The van der Waals surface area contributed by atoms with Gasteiger partial charge < -0.3 is 10.4 Å². The Morgan fingerprint density at radius 3 is 2.50 bits per heavy atom. The van der Waals surface area contributed by atoms with E-state index < -0.39 is 17.8 Å². The van der Waals surface area contributed by atoms with Gasteiger partial charge in [0, 0.05) is 11.3 Å². The number of carboxylic acids is 1. The predicted octanol–water partition coefficient (Wildman–Crippen LogP) is 0.719. The molecule has 1 atom stereocenters. The fourth-order valence-electron chi connectivity index (χ4n) is 1.11. The number of carbonyl (C=O) groups excluding carboxylic acids is 1. The summed E-state index contributed by atoms with van der Waals surface area (Å²) in [6.07, 6.45) is 4.23. The van der Waals surface area contributed by atoms with Crippen molar-refractivity contribution in [2.24, 2.45) is 5.92 Å². The zero-order valence-corrected chi connectivity index (χ0v) is 9.19. The number of amides is 1. The van der Waals surface area contributed by atoms with Gasteiger partial charge in [-0.1, -0.05) is 0 Å². The average Bonchev–Trinajstić information content (AvgIpc) is 2.93. The van der Waals surface area contributed by atoms with Crippen molar-refractivity contribution in [3.05, 3.63) is 0 Å². The molecule has 1 saturated carbocycles. The van der Waals surface area contributed by atoms with Crippen LogP contribution in [0.1, 0.15) is 19.8 Å². The molecular formula is C9H15NO3S. The summed E-state index contributed by atoms with van der Waals surface area (Å²) >= 11 is 1.74. The minimum atomic E-state index is -1.07. The van der Waals surface area contributed by atoms with Gasteiger partial charge in [0.15, 0.2) is 0 Å². The summed E-state index contributed by atoms with van der Waals surface area (Å²) in [5.41, 5.74) is 0. The van der Waals surface area contributed by atoms with Crippen LogP contribution in [0.15, 0.2) is 0 Å². The molecule has 5 heteroatoms. The van der Waals surface area contributed by atoms with E-state index in [1.807, 2.05) is 6.26 Å². The number of aliphatic carboxylic acids is 1. The molecule has 0 aromatic rings. The summed E-state index contributed by atoms with van der Waals surface area (Å²) in [6, 6.07) is 0. The minimum absolute atomic E-state index is 0.188. The lowest BCUT2D eigenvalue weighted by Gasteiger charge is -2.14. The summed E-state index contributed by atoms with van der Waals surface area (Å²) in [5, 5.41) is 11.3. The zero-order valence-electron chi connectivity index (χ0n) is 8.37. The van der Waals surface area contributed by atoms with Crippen LogP contribution >= 0.6 is 11.8 Å². The number of thioether (sulfide) groups is 1.